The van der Waals surface area contributed by atoms with Crippen molar-refractivity contribution in [3.8, 4) is 11.8 Å². The van der Waals surface area contributed by atoms with Gasteiger partial charge in [-0.25, -0.2) is 0 Å². The van der Waals surface area contributed by atoms with E-state index in [1.165, 1.54) is 6.07 Å². The number of anilines is 1. The van der Waals surface area contributed by atoms with Crippen molar-refractivity contribution in [3.63, 3.8) is 0 Å². The molecular formula is C10H6F3N3O4. The van der Waals surface area contributed by atoms with Gasteiger partial charge in [0, 0.05) is 0 Å². The van der Waals surface area contributed by atoms with Gasteiger partial charge in [0.15, 0.2) is 0 Å². The molecule has 0 spiro atoms. The highest BCUT2D eigenvalue weighted by atomic mass is 19.4. The third kappa shape index (κ3) is 4.45. The number of alkyl halides is 3. The van der Waals surface area contributed by atoms with Crippen molar-refractivity contribution < 1.29 is 27.6 Å². The van der Waals surface area contributed by atoms with Crippen LogP contribution in [0.15, 0.2) is 18.2 Å². The second kappa shape index (κ2) is 5.87. The van der Waals surface area contributed by atoms with Gasteiger partial charge in [0.2, 0.25) is 5.91 Å². The number of ether oxygens (including phenoxy) is 1. The van der Waals surface area contributed by atoms with E-state index >= 15 is 0 Å². The van der Waals surface area contributed by atoms with E-state index in [1.807, 2.05) is 5.32 Å². The van der Waals surface area contributed by atoms with Gasteiger partial charge in [0.25, 0.3) is 5.69 Å². The maximum atomic E-state index is 12.0. The summed E-state index contributed by atoms with van der Waals surface area (Å²) < 4.78 is 39.5. The number of benzene rings is 1. The Morgan fingerprint density at radius 3 is 2.65 bits per heavy atom. The maximum Gasteiger partial charge on any atom is 0.573 e. The quantitative estimate of drug-likeness (QED) is 0.676. The van der Waals surface area contributed by atoms with Crippen LogP contribution < -0.4 is 10.1 Å². The van der Waals surface area contributed by atoms with Gasteiger partial charge in [0.1, 0.15) is 17.9 Å². The summed E-state index contributed by atoms with van der Waals surface area (Å²) in [5, 5.41) is 21.0. The number of nitro groups is 1. The predicted octanol–water partition coefficient (Wildman–Crippen LogP) is 2.35. The number of amides is 1. The molecule has 0 bridgehead atoms. The molecule has 1 N–H and O–H groups in total. The monoisotopic (exact) mass is 289 g/mol. The Hall–Kier alpha value is -2.83. The molecule has 0 radical (unpaired) electrons. The highest BCUT2D eigenvalue weighted by molar-refractivity contribution is 5.94. The Balaban J connectivity index is 3.06. The number of nitrogens with one attached hydrogen (secondary N) is 1. The normalized spacial score (nSPS) is 10.5. The molecule has 0 atom stereocenters. The second-order valence-electron chi connectivity index (χ2n) is 3.37. The van der Waals surface area contributed by atoms with Crippen molar-refractivity contribution in [3.05, 3.63) is 28.3 Å². The summed E-state index contributed by atoms with van der Waals surface area (Å²) in [6, 6.07) is 3.74. The van der Waals surface area contributed by atoms with E-state index in [0.29, 0.717) is 6.07 Å². The lowest BCUT2D eigenvalue weighted by molar-refractivity contribution is -0.384. The Bertz CT molecular complexity index is 580. The van der Waals surface area contributed by atoms with Crippen LogP contribution in [0.5, 0.6) is 5.75 Å². The van der Waals surface area contributed by atoms with Gasteiger partial charge in [0.05, 0.1) is 17.1 Å². The van der Waals surface area contributed by atoms with Crippen LogP contribution in [0.2, 0.25) is 0 Å². The number of carbonyl (C=O) groups is 1. The van der Waals surface area contributed by atoms with Crippen LogP contribution in [0, 0.1) is 21.4 Å². The molecule has 0 aliphatic carbocycles. The molecule has 0 heterocycles. The van der Waals surface area contributed by atoms with Crippen molar-refractivity contribution in [1.82, 2.24) is 0 Å². The number of rotatable bonds is 4. The van der Waals surface area contributed by atoms with Gasteiger partial charge < -0.3 is 10.1 Å². The molecule has 20 heavy (non-hydrogen) atoms. The fourth-order valence-electron chi connectivity index (χ4n) is 1.23. The molecule has 0 unspecified atom stereocenters. The molecule has 0 saturated heterocycles. The zero-order valence-corrected chi connectivity index (χ0v) is 9.60. The van der Waals surface area contributed by atoms with Crippen molar-refractivity contribution >= 4 is 17.3 Å². The molecule has 10 heteroatoms. The number of hydrogen-bond acceptors (Lipinski definition) is 5. The van der Waals surface area contributed by atoms with Crippen LogP contribution in [0.25, 0.3) is 0 Å². The number of nitrogens with zero attached hydrogens (tertiary/aromatic N) is 2. The van der Waals surface area contributed by atoms with Crippen LogP contribution in [-0.4, -0.2) is 17.2 Å². The van der Waals surface area contributed by atoms with Gasteiger partial charge in [-0.3, -0.25) is 14.9 Å². The van der Waals surface area contributed by atoms with E-state index in [4.69, 9.17) is 5.26 Å². The topological polar surface area (TPSA) is 105 Å². The summed E-state index contributed by atoms with van der Waals surface area (Å²) >= 11 is 0. The van der Waals surface area contributed by atoms with Crippen LogP contribution in [0.1, 0.15) is 6.42 Å². The first-order valence-corrected chi connectivity index (χ1v) is 4.94. The SMILES string of the molecule is N#CCC(=O)Nc1ccc(OC(F)(F)F)cc1[N+](=O)[O-]. The van der Waals surface area contributed by atoms with Crippen molar-refractivity contribution in [1.29, 1.82) is 5.26 Å². The Kier molecular flexibility index (Phi) is 4.47. The third-order valence-corrected chi connectivity index (χ3v) is 1.91. The number of hydrogen-bond donors (Lipinski definition) is 1. The van der Waals surface area contributed by atoms with Gasteiger partial charge in [-0.05, 0) is 12.1 Å². The fraction of sp³-hybridized carbons (Fsp3) is 0.200. The minimum absolute atomic E-state index is 0.329. The maximum absolute atomic E-state index is 12.0. The standard InChI is InChI=1S/C10H6F3N3O4/c11-10(12,13)20-6-1-2-7(8(5-6)16(18)19)15-9(17)3-4-14/h1-2,5H,3H2,(H,15,17). The first kappa shape index (κ1) is 15.2. The Morgan fingerprint density at radius 1 is 1.50 bits per heavy atom. The molecular weight excluding hydrogens is 283 g/mol. The van der Waals surface area contributed by atoms with Crippen LogP contribution >= 0.6 is 0 Å². The van der Waals surface area contributed by atoms with Crippen LogP contribution in [0.3, 0.4) is 0 Å². The Labute approximate surface area is 109 Å². The molecule has 1 amide bonds. The van der Waals surface area contributed by atoms with E-state index in [9.17, 15) is 28.1 Å². The lowest BCUT2D eigenvalue weighted by atomic mass is 10.2. The summed E-state index contributed by atoms with van der Waals surface area (Å²) in [4.78, 5) is 20.9. The smallest absolute Gasteiger partial charge is 0.406 e. The van der Waals surface area contributed by atoms with Crippen molar-refractivity contribution in [2.24, 2.45) is 0 Å². The first-order valence-electron chi connectivity index (χ1n) is 4.94. The molecule has 1 aromatic rings. The fourth-order valence-corrected chi connectivity index (χ4v) is 1.23. The lowest BCUT2D eigenvalue weighted by Gasteiger charge is -2.10. The summed E-state index contributed by atoms with van der Waals surface area (Å²) in [7, 11) is 0. The minimum Gasteiger partial charge on any atom is -0.406 e. The molecule has 7 nitrogen and oxygen atoms in total. The predicted molar refractivity (Wildman–Crippen MR) is 58.6 cm³/mol. The van der Waals surface area contributed by atoms with Gasteiger partial charge >= 0.3 is 6.36 Å². The number of carbonyl (C=O) groups excluding carboxylic acids is 1. The highest BCUT2D eigenvalue weighted by Crippen LogP contribution is 2.31. The summed E-state index contributed by atoms with van der Waals surface area (Å²) in [6.07, 6.45) is -5.53. The van der Waals surface area contributed by atoms with Crippen molar-refractivity contribution in [2.75, 3.05) is 5.32 Å². The Morgan fingerprint density at radius 2 is 2.15 bits per heavy atom. The van der Waals surface area contributed by atoms with Crippen LogP contribution in [-0.2, 0) is 4.79 Å². The second-order valence-corrected chi connectivity index (χ2v) is 3.37. The lowest BCUT2D eigenvalue weighted by Crippen LogP contribution is -2.17. The van der Waals surface area contributed by atoms with E-state index in [1.54, 1.807) is 0 Å². The number of nitriles is 1. The number of nitro benzene ring substituents is 1. The zero-order chi connectivity index (χ0) is 15.3. The average molecular weight is 289 g/mol. The first-order chi connectivity index (χ1) is 9.23. The molecule has 0 aliphatic rings. The summed E-state index contributed by atoms with van der Waals surface area (Å²) in [6.45, 7) is 0. The van der Waals surface area contributed by atoms with E-state index < -0.39 is 35.1 Å². The molecule has 1 rings (SSSR count). The molecule has 0 saturated carbocycles. The van der Waals surface area contributed by atoms with Gasteiger partial charge in [-0.1, -0.05) is 0 Å². The van der Waals surface area contributed by atoms with Gasteiger partial charge in [-0.15, -0.1) is 13.2 Å². The van der Waals surface area contributed by atoms with E-state index in [2.05, 4.69) is 4.74 Å². The van der Waals surface area contributed by atoms with Crippen LogP contribution in [0.4, 0.5) is 24.5 Å². The van der Waals surface area contributed by atoms with Gasteiger partial charge in [-0.2, -0.15) is 5.26 Å². The molecule has 0 fully saturated rings. The highest BCUT2D eigenvalue weighted by Gasteiger charge is 2.32. The van der Waals surface area contributed by atoms with E-state index in [-0.39, 0.29) is 5.69 Å². The minimum atomic E-state index is -4.99. The van der Waals surface area contributed by atoms with Crippen molar-refractivity contribution in [2.45, 2.75) is 12.8 Å². The number of halogens is 3. The zero-order valence-electron chi connectivity index (χ0n) is 9.60. The molecule has 1 aromatic carbocycles. The molecule has 106 valence electrons. The third-order valence-electron chi connectivity index (χ3n) is 1.91. The molecule has 0 aliphatic heterocycles. The largest absolute Gasteiger partial charge is 0.573 e. The average Bonchev–Trinajstić information content (AvgIpc) is 2.29. The summed E-state index contributed by atoms with van der Waals surface area (Å²) in [5.41, 5.74) is -1.11. The van der Waals surface area contributed by atoms with E-state index in [0.717, 1.165) is 12.1 Å². The summed E-state index contributed by atoms with van der Waals surface area (Å²) in [5.74, 6) is -1.61. The molecule has 0 aromatic heterocycles.